The Kier molecular flexibility index (Phi) is 7.26. The number of furan rings is 1. The third kappa shape index (κ3) is 5.41. The van der Waals surface area contributed by atoms with E-state index >= 15 is 0 Å². The highest BCUT2D eigenvalue weighted by Gasteiger charge is 2.24. The Hall–Kier alpha value is -3.38. The maximum absolute atomic E-state index is 13.1. The van der Waals surface area contributed by atoms with Crippen molar-refractivity contribution in [2.45, 2.75) is 32.5 Å². The van der Waals surface area contributed by atoms with Crippen molar-refractivity contribution >= 4 is 11.9 Å². The van der Waals surface area contributed by atoms with E-state index in [-0.39, 0.29) is 11.9 Å². The maximum atomic E-state index is 13.1. The van der Waals surface area contributed by atoms with Gasteiger partial charge in [0.1, 0.15) is 17.1 Å². The largest absolute Gasteiger partial charge is 0.465 e. The molecule has 0 radical (unpaired) electrons. The van der Waals surface area contributed by atoms with Crippen LogP contribution in [0.25, 0.3) is 0 Å². The standard InChI is InChI=1S/C25H28N2O4/c1-17(27(3)16-21-15-22(18(2)31-21)25(29)30-4)24(28)26-23(19-11-7-5-8-12-19)20-13-9-6-10-14-20/h5-15,17,23H,16H2,1-4H3,(H,26,28). The van der Waals surface area contributed by atoms with Gasteiger partial charge in [-0.2, -0.15) is 0 Å². The van der Waals surface area contributed by atoms with Crippen LogP contribution in [0.15, 0.2) is 71.1 Å². The molecule has 0 saturated carbocycles. The Bertz CT molecular complexity index is 975. The van der Waals surface area contributed by atoms with Crippen molar-refractivity contribution < 1.29 is 18.7 Å². The number of nitrogens with zero attached hydrogens (tertiary/aromatic N) is 1. The van der Waals surface area contributed by atoms with Crippen molar-refractivity contribution in [3.63, 3.8) is 0 Å². The van der Waals surface area contributed by atoms with Crippen molar-refractivity contribution in [1.82, 2.24) is 10.2 Å². The highest BCUT2D eigenvalue weighted by molar-refractivity contribution is 5.90. The normalized spacial score (nSPS) is 12.1. The lowest BCUT2D eigenvalue weighted by Crippen LogP contribution is -2.44. The molecule has 0 aliphatic rings. The minimum absolute atomic E-state index is 0.100. The third-order valence-corrected chi connectivity index (χ3v) is 5.37. The molecular formula is C25H28N2O4. The van der Waals surface area contributed by atoms with Crippen LogP contribution in [-0.4, -0.2) is 37.0 Å². The van der Waals surface area contributed by atoms with Gasteiger partial charge in [0.05, 0.1) is 25.7 Å². The minimum Gasteiger partial charge on any atom is -0.465 e. The van der Waals surface area contributed by atoms with Crippen LogP contribution in [-0.2, 0) is 16.1 Å². The fraction of sp³-hybridized carbons (Fsp3) is 0.280. The smallest absolute Gasteiger partial charge is 0.341 e. The first kappa shape index (κ1) is 22.3. The fourth-order valence-electron chi connectivity index (χ4n) is 3.43. The van der Waals surface area contributed by atoms with E-state index in [1.165, 1.54) is 7.11 Å². The van der Waals surface area contributed by atoms with Gasteiger partial charge < -0.3 is 14.5 Å². The minimum atomic E-state index is -0.436. The average Bonchev–Trinajstić information content (AvgIpc) is 3.17. The molecule has 1 aromatic heterocycles. The summed E-state index contributed by atoms with van der Waals surface area (Å²) in [4.78, 5) is 26.8. The second-order valence-electron chi connectivity index (χ2n) is 7.53. The summed E-state index contributed by atoms with van der Waals surface area (Å²) < 4.78 is 10.5. The summed E-state index contributed by atoms with van der Waals surface area (Å²) in [7, 11) is 3.18. The van der Waals surface area contributed by atoms with E-state index in [0.29, 0.717) is 23.6 Å². The molecule has 1 heterocycles. The first-order chi connectivity index (χ1) is 14.9. The Morgan fingerprint density at radius 2 is 1.58 bits per heavy atom. The molecule has 3 rings (SSSR count). The first-order valence-corrected chi connectivity index (χ1v) is 10.2. The van der Waals surface area contributed by atoms with E-state index in [4.69, 9.17) is 9.15 Å². The lowest BCUT2D eigenvalue weighted by molar-refractivity contribution is -0.126. The SMILES string of the molecule is COC(=O)c1cc(CN(C)C(C)C(=O)NC(c2ccccc2)c2ccccc2)oc1C. The second-order valence-corrected chi connectivity index (χ2v) is 7.53. The van der Waals surface area contributed by atoms with Gasteiger partial charge in [-0.1, -0.05) is 60.7 Å². The average molecular weight is 421 g/mol. The number of methoxy groups -OCH3 is 1. The van der Waals surface area contributed by atoms with Crippen LogP contribution in [0.2, 0.25) is 0 Å². The van der Waals surface area contributed by atoms with Crippen LogP contribution in [0.1, 0.15) is 46.0 Å². The molecule has 6 heteroatoms. The second kappa shape index (κ2) is 10.1. The molecule has 1 N–H and O–H groups in total. The lowest BCUT2D eigenvalue weighted by Gasteiger charge is -2.26. The van der Waals surface area contributed by atoms with Gasteiger partial charge in [0.25, 0.3) is 0 Å². The van der Waals surface area contributed by atoms with Gasteiger partial charge in [-0.15, -0.1) is 0 Å². The summed E-state index contributed by atoms with van der Waals surface area (Å²) in [5, 5.41) is 3.17. The maximum Gasteiger partial charge on any atom is 0.341 e. The van der Waals surface area contributed by atoms with Crippen molar-refractivity contribution in [2.75, 3.05) is 14.2 Å². The van der Waals surface area contributed by atoms with E-state index < -0.39 is 12.0 Å². The summed E-state index contributed by atoms with van der Waals surface area (Å²) in [6, 6.07) is 20.8. The highest BCUT2D eigenvalue weighted by Crippen LogP contribution is 2.23. The quantitative estimate of drug-likeness (QED) is 0.556. The van der Waals surface area contributed by atoms with Gasteiger partial charge >= 0.3 is 5.97 Å². The molecule has 3 aromatic rings. The van der Waals surface area contributed by atoms with Crippen molar-refractivity contribution in [3.8, 4) is 0 Å². The predicted octanol–water partition coefficient (Wildman–Crippen LogP) is 4.10. The number of carbonyl (C=O) groups excluding carboxylic acids is 2. The topological polar surface area (TPSA) is 71.8 Å². The van der Waals surface area contributed by atoms with Crippen LogP contribution < -0.4 is 5.32 Å². The molecular weight excluding hydrogens is 392 g/mol. The van der Waals surface area contributed by atoms with E-state index in [1.807, 2.05) is 79.5 Å². The van der Waals surface area contributed by atoms with E-state index in [0.717, 1.165) is 11.1 Å². The van der Waals surface area contributed by atoms with Gasteiger partial charge in [0.2, 0.25) is 5.91 Å². The molecule has 0 saturated heterocycles. The molecule has 0 spiro atoms. The Morgan fingerprint density at radius 1 is 1.03 bits per heavy atom. The zero-order valence-corrected chi connectivity index (χ0v) is 18.3. The molecule has 2 aromatic carbocycles. The number of ether oxygens (including phenoxy) is 1. The molecule has 0 fully saturated rings. The number of carbonyl (C=O) groups is 2. The lowest BCUT2D eigenvalue weighted by atomic mass is 9.98. The predicted molar refractivity (Wildman–Crippen MR) is 119 cm³/mol. The number of amides is 1. The number of esters is 1. The van der Waals surface area contributed by atoms with Crippen LogP contribution in [0, 0.1) is 6.92 Å². The van der Waals surface area contributed by atoms with Gasteiger partial charge in [-0.25, -0.2) is 4.79 Å². The van der Waals surface area contributed by atoms with Gasteiger partial charge in [0.15, 0.2) is 0 Å². The molecule has 1 amide bonds. The molecule has 0 aliphatic carbocycles. The van der Waals surface area contributed by atoms with Gasteiger partial charge in [0, 0.05) is 0 Å². The molecule has 0 aliphatic heterocycles. The van der Waals surface area contributed by atoms with Gasteiger partial charge in [-0.05, 0) is 38.1 Å². The third-order valence-electron chi connectivity index (χ3n) is 5.37. The summed E-state index contributed by atoms with van der Waals surface area (Å²) in [5.41, 5.74) is 2.43. The fourth-order valence-corrected chi connectivity index (χ4v) is 3.43. The molecule has 0 bridgehead atoms. The van der Waals surface area contributed by atoms with Crippen LogP contribution in [0.4, 0.5) is 0 Å². The number of likely N-dealkylation sites (N-methyl/N-ethyl adjacent to an activating group) is 1. The molecule has 162 valence electrons. The summed E-state index contributed by atoms with van der Waals surface area (Å²) in [6.45, 7) is 3.95. The molecule has 1 atom stereocenters. The van der Waals surface area contributed by atoms with Crippen molar-refractivity contribution in [2.24, 2.45) is 0 Å². The number of nitrogens with one attached hydrogen (secondary N) is 1. The van der Waals surface area contributed by atoms with Crippen LogP contribution in [0.3, 0.4) is 0 Å². The Balaban J connectivity index is 1.72. The number of hydrogen-bond donors (Lipinski definition) is 1. The van der Waals surface area contributed by atoms with E-state index in [1.54, 1.807) is 13.0 Å². The summed E-state index contributed by atoms with van der Waals surface area (Å²) >= 11 is 0. The van der Waals surface area contributed by atoms with Crippen molar-refractivity contribution in [3.05, 3.63) is 94.9 Å². The van der Waals surface area contributed by atoms with Crippen molar-refractivity contribution in [1.29, 1.82) is 0 Å². The zero-order valence-electron chi connectivity index (χ0n) is 18.3. The first-order valence-electron chi connectivity index (χ1n) is 10.2. The number of benzene rings is 2. The molecule has 6 nitrogen and oxygen atoms in total. The number of hydrogen-bond acceptors (Lipinski definition) is 5. The molecule has 1 unspecified atom stereocenters. The monoisotopic (exact) mass is 420 g/mol. The Labute approximate surface area is 182 Å². The van der Waals surface area contributed by atoms with E-state index in [2.05, 4.69) is 5.32 Å². The summed E-state index contributed by atoms with van der Waals surface area (Å²) in [6.07, 6.45) is 0. The zero-order chi connectivity index (χ0) is 22.4. The Morgan fingerprint density at radius 3 is 2.10 bits per heavy atom. The van der Waals surface area contributed by atoms with Crippen LogP contribution in [0.5, 0.6) is 0 Å². The molecule has 31 heavy (non-hydrogen) atoms. The van der Waals surface area contributed by atoms with Gasteiger partial charge in [-0.3, -0.25) is 9.69 Å². The number of aryl methyl sites for hydroxylation is 1. The highest BCUT2D eigenvalue weighted by atomic mass is 16.5. The van der Waals surface area contributed by atoms with Crippen LogP contribution >= 0.6 is 0 Å². The summed E-state index contributed by atoms with van der Waals surface area (Å²) in [5.74, 6) is 0.564. The number of rotatable bonds is 8. The van der Waals surface area contributed by atoms with E-state index in [9.17, 15) is 9.59 Å².